The van der Waals surface area contributed by atoms with E-state index in [1.54, 1.807) is 0 Å². The van der Waals surface area contributed by atoms with Gasteiger partial charge in [0.2, 0.25) is 11.8 Å². The standard InChI is InChI=1S/C82H156N2O21/c1-4-6-8-10-12-14-16-18-20-22-24-26-28-30-32-34-36-38-40-42-44-46-48-50-52-54-56-69(92)84-63(64(89)55-53-51-49-47-45-43-41-39-37-35-33-31-29-27-25-23-21-19-17-15-13-11-9-7-5-2)61-100-79-74(96)73(95)76(68(60-87)102-79)103-80-75(97)78(72(94)67(59-86)101-80)105-82(81(98)99)57-65(90)70(83-62(3)88)77(104-82)71(93)66(91)58-85/h63-68,70-80,85-87,89-91,93-97H,4-61H2,1-3H3,(H,83,88)(H,84,92)(H,98,99). The molecule has 18 unspecified atom stereocenters. The van der Waals surface area contributed by atoms with Crippen molar-refractivity contribution in [3.05, 3.63) is 0 Å². The van der Waals surface area contributed by atoms with Crippen LogP contribution in [-0.2, 0) is 42.8 Å². The molecule has 2 amide bonds. The summed E-state index contributed by atoms with van der Waals surface area (Å²) in [6, 6.07) is -2.53. The lowest BCUT2D eigenvalue weighted by Crippen LogP contribution is -2.70. The molecule has 3 rings (SSSR count). The molecule has 3 saturated heterocycles. The van der Waals surface area contributed by atoms with Crippen LogP contribution in [-0.4, -0.2) is 215 Å². The Kier molecular flexibility index (Phi) is 56.6. The molecule has 0 aromatic carbocycles. The molecule has 105 heavy (non-hydrogen) atoms. The molecule has 23 heteroatoms. The van der Waals surface area contributed by atoms with Crippen LogP contribution in [0.5, 0.6) is 0 Å². The van der Waals surface area contributed by atoms with Gasteiger partial charge in [-0.25, -0.2) is 4.79 Å². The number of carboxylic acids is 1. The molecule has 3 fully saturated rings. The number of amides is 2. The summed E-state index contributed by atoms with van der Waals surface area (Å²) in [6.45, 7) is 2.29. The zero-order valence-corrected chi connectivity index (χ0v) is 65.9. The first-order chi connectivity index (χ1) is 50.9. The molecule has 14 N–H and O–H groups in total. The van der Waals surface area contributed by atoms with Gasteiger partial charge in [-0.1, -0.05) is 335 Å². The monoisotopic (exact) mass is 1510 g/mol. The Morgan fingerprint density at radius 2 is 0.829 bits per heavy atom. The van der Waals surface area contributed by atoms with E-state index in [-0.39, 0.29) is 18.9 Å². The maximum absolute atomic E-state index is 13.6. The number of hydrogen-bond donors (Lipinski definition) is 14. The lowest BCUT2D eigenvalue weighted by atomic mass is 9.88. The van der Waals surface area contributed by atoms with E-state index in [1.165, 1.54) is 270 Å². The van der Waals surface area contributed by atoms with Gasteiger partial charge in [0.05, 0.1) is 50.7 Å². The van der Waals surface area contributed by atoms with Crippen molar-refractivity contribution >= 4 is 17.8 Å². The molecule has 3 aliphatic heterocycles. The lowest BCUT2D eigenvalue weighted by molar-refractivity contribution is -0.386. The highest BCUT2D eigenvalue weighted by Crippen LogP contribution is 2.39. The van der Waals surface area contributed by atoms with E-state index < -0.39 is 148 Å². The first kappa shape index (κ1) is 96.9. The van der Waals surface area contributed by atoms with E-state index in [9.17, 15) is 75.7 Å². The Balaban J connectivity index is 1.48. The lowest BCUT2D eigenvalue weighted by Gasteiger charge is -2.50. The molecule has 0 spiro atoms. The van der Waals surface area contributed by atoms with Gasteiger partial charge in [-0.05, 0) is 12.8 Å². The van der Waals surface area contributed by atoms with Crippen LogP contribution < -0.4 is 10.6 Å². The number of carbonyl (C=O) groups excluding carboxylic acids is 2. The van der Waals surface area contributed by atoms with Crippen molar-refractivity contribution in [2.24, 2.45) is 0 Å². The molecular weight excluding hydrogens is 1350 g/mol. The molecule has 0 aromatic rings. The SMILES string of the molecule is CCCCCCCCCCCCCCCCCCCCCCCCCCCCC(=O)NC(COC1OC(CO)C(OC2OC(CO)C(O)C(OC3(C(=O)O)CC(O)C(NC(C)=O)C(C(O)C(O)CO)O3)C2O)C(O)C1O)C(O)CCCCCCCCCCCCCCCCCCCCCCCCCCC. The average Bonchev–Trinajstić information content (AvgIpc) is 0.755. The third kappa shape index (κ3) is 41.2. The van der Waals surface area contributed by atoms with Gasteiger partial charge >= 0.3 is 5.97 Å². The number of aliphatic hydroxyl groups is 11. The van der Waals surface area contributed by atoms with E-state index in [0.29, 0.717) is 19.3 Å². The van der Waals surface area contributed by atoms with Crippen LogP contribution in [0.2, 0.25) is 0 Å². The van der Waals surface area contributed by atoms with Gasteiger partial charge in [0.15, 0.2) is 12.6 Å². The molecule has 0 bridgehead atoms. The first-order valence-corrected chi connectivity index (χ1v) is 42.9. The number of nitrogens with one attached hydrogen (secondary N) is 2. The number of carboxylic acid groups (broad SMARTS) is 1. The summed E-state index contributed by atoms with van der Waals surface area (Å²) in [7, 11) is 0. The fourth-order valence-electron chi connectivity index (χ4n) is 15.3. The number of rotatable bonds is 69. The molecule has 0 saturated carbocycles. The van der Waals surface area contributed by atoms with Gasteiger partial charge in [0.1, 0.15) is 67.1 Å². The fraction of sp³-hybridized carbons (Fsp3) is 0.963. The minimum Gasteiger partial charge on any atom is -0.477 e. The fourth-order valence-corrected chi connectivity index (χ4v) is 15.3. The maximum Gasteiger partial charge on any atom is 0.364 e. The third-order valence-electron chi connectivity index (χ3n) is 22.1. The van der Waals surface area contributed by atoms with Gasteiger partial charge in [-0.2, -0.15) is 0 Å². The van der Waals surface area contributed by atoms with Gasteiger partial charge in [-0.15, -0.1) is 0 Å². The second kappa shape index (κ2) is 61.3. The normalized spacial score (nSPS) is 26.2. The minimum atomic E-state index is -3.08. The number of carbonyl (C=O) groups is 3. The smallest absolute Gasteiger partial charge is 0.364 e. The zero-order valence-electron chi connectivity index (χ0n) is 65.9. The highest BCUT2D eigenvalue weighted by atomic mass is 16.8. The van der Waals surface area contributed by atoms with E-state index in [2.05, 4.69) is 24.5 Å². The predicted octanol–water partition coefficient (Wildman–Crippen LogP) is 12.4. The van der Waals surface area contributed by atoms with Crippen LogP contribution in [0.1, 0.15) is 367 Å². The molecular formula is C82H156N2O21. The molecule has 3 aliphatic rings. The van der Waals surface area contributed by atoms with Crippen molar-refractivity contribution < 1.29 is 104 Å². The molecule has 620 valence electrons. The average molecular weight is 1510 g/mol. The first-order valence-electron chi connectivity index (χ1n) is 42.9. The summed E-state index contributed by atoms with van der Waals surface area (Å²) in [5, 5.41) is 137. The summed E-state index contributed by atoms with van der Waals surface area (Å²) in [5.74, 6) is -6.08. The number of hydrogen-bond acceptors (Lipinski definition) is 20. The molecule has 0 aromatic heterocycles. The summed E-state index contributed by atoms with van der Waals surface area (Å²) in [4.78, 5) is 38.8. The van der Waals surface area contributed by atoms with E-state index in [0.717, 1.165) is 51.9 Å². The molecule has 23 nitrogen and oxygen atoms in total. The van der Waals surface area contributed by atoms with Gasteiger partial charge in [-0.3, -0.25) is 9.59 Å². The Labute approximate surface area is 633 Å². The van der Waals surface area contributed by atoms with Gasteiger partial charge in [0.25, 0.3) is 5.79 Å². The largest absolute Gasteiger partial charge is 0.477 e. The second-order valence-corrected chi connectivity index (χ2v) is 31.4. The molecule has 3 heterocycles. The van der Waals surface area contributed by atoms with E-state index in [1.807, 2.05) is 0 Å². The highest BCUT2D eigenvalue weighted by Gasteiger charge is 2.60. The summed E-state index contributed by atoms with van der Waals surface area (Å²) in [5.41, 5.74) is 0. The van der Waals surface area contributed by atoms with Crippen LogP contribution in [0.3, 0.4) is 0 Å². The Bertz CT molecular complexity index is 2090. The van der Waals surface area contributed by atoms with Crippen LogP contribution in [0.25, 0.3) is 0 Å². The third-order valence-corrected chi connectivity index (χ3v) is 22.1. The quantitative estimate of drug-likeness (QED) is 0.0252. The van der Waals surface area contributed by atoms with Gasteiger partial charge in [0, 0.05) is 19.8 Å². The predicted molar refractivity (Wildman–Crippen MR) is 408 cm³/mol. The number of ether oxygens (including phenoxy) is 6. The van der Waals surface area contributed by atoms with Crippen LogP contribution in [0, 0.1) is 0 Å². The summed E-state index contributed by atoms with van der Waals surface area (Å²) >= 11 is 0. The Morgan fingerprint density at radius 1 is 0.457 bits per heavy atom. The van der Waals surface area contributed by atoms with Crippen molar-refractivity contribution in [2.75, 3.05) is 26.4 Å². The van der Waals surface area contributed by atoms with E-state index in [4.69, 9.17) is 28.4 Å². The maximum atomic E-state index is 13.6. The number of aliphatic hydroxyl groups excluding tert-OH is 11. The second-order valence-electron chi connectivity index (χ2n) is 31.4. The van der Waals surface area contributed by atoms with Crippen molar-refractivity contribution in [1.29, 1.82) is 0 Å². The van der Waals surface area contributed by atoms with Crippen LogP contribution >= 0.6 is 0 Å². The topological polar surface area (TPSA) is 373 Å². The number of unbranched alkanes of at least 4 members (excludes halogenated alkanes) is 49. The Morgan fingerprint density at radius 3 is 1.19 bits per heavy atom. The summed E-state index contributed by atoms with van der Waals surface area (Å²) in [6.07, 6.45) is 36.7. The van der Waals surface area contributed by atoms with Crippen molar-refractivity contribution in [2.45, 2.75) is 477 Å². The molecule has 18 atom stereocenters. The van der Waals surface area contributed by atoms with E-state index >= 15 is 0 Å². The highest BCUT2D eigenvalue weighted by molar-refractivity contribution is 5.77. The zero-order chi connectivity index (χ0) is 76.7. The summed E-state index contributed by atoms with van der Waals surface area (Å²) < 4.78 is 35.0. The van der Waals surface area contributed by atoms with Crippen molar-refractivity contribution in [3.63, 3.8) is 0 Å². The van der Waals surface area contributed by atoms with Gasteiger partial charge < -0.3 is 100 Å². The van der Waals surface area contributed by atoms with Crippen molar-refractivity contribution in [3.8, 4) is 0 Å². The Hall–Kier alpha value is -2.27. The van der Waals surface area contributed by atoms with Crippen LogP contribution in [0.15, 0.2) is 0 Å². The van der Waals surface area contributed by atoms with Crippen LogP contribution in [0.4, 0.5) is 0 Å². The minimum absolute atomic E-state index is 0.230. The number of aliphatic carboxylic acids is 1. The van der Waals surface area contributed by atoms with Crippen molar-refractivity contribution in [1.82, 2.24) is 10.6 Å². The molecule has 0 radical (unpaired) electrons. The molecule has 0 aliphatic carbocycles.